The Kier molecular flexibility index (Phi) is 7.80. The van der Waals surface area contributed by atoms with E-state index in [1.165, 1.54) is 0 Å². The molecule has 0 radical (unpaired) electrons. The molecule has 0 aromatic carbocycles. The summed E-state index contributed by atoms with van der Waals surface area (Å²) in [6.07, 6.45) is 9.38. The summed E-state index contributed by atoms with van der Waals surface area (Å²) in [7, 11) is -4.69. The van der Waals surface area contributed by atoms with Crippen LogP contribution >= 0.6 is 15.3 Å². The van der Waals surface area contributed by atoms with Gasteiger partial charge in [0, 0.05) is 7.44 Å². The van der Waals surface area contributed by atoms with Crippen LogP contribution < -0.4 is 0 Å². The molecule has 0 aromatic heterocycles. The van der Waals surface area contributed by atoms with Crippen LogP contribution in [-0.2, 0) is 0 Å². The zero-order chi connectivity index (χ0) is 31.1. The van der Waals surface area contributed by atoms with Crippen LogP contribution in [0.15, 0.2) is 0 Å². The molecule has 5 aliphatic rings. The second-order valence-electron chi connectivity index (χ2n) is 21.6. The Bertz CT molecular complexity index is 950. The minimum Gasteiger partial charge on any atom is -0.124 e. The van der Waals surface area contributed by atoms with Crippen LogP contribution in [0.25, 0.3) is 0 Å². The van der Waals surface area contributed by atoms with E-state index in [0.29, 0.717) is 35.6 Å². The van der Waals surface area contributed by atoms with Gasteiger partial charge < -0.3 is 0 Å². The zero-order valence-electron chi connectivity index (χ0n) is 30.4. The van der Waals surface area contributed by atoms with E-state index in [9.17, 15) is 0 Å². The van der Waals surface area contributed by atoms with Crippen molar-refractivity contribution in [3.8, 4) is 0 Å². The SMILES string of the molecule is CC(C)(C)[Si]([Si]1=C(C23CC4CC(CC(C4)C2)C3)[Si@]1(Br)[Si](C(C)(C)C)(C(C)(C)C)C(C)(C)C)(C(C)(C)C)C(C)(C)C. The summed E-state index contributed by atoms with van der Waals surface area (Å²) in [5, 5.41) is 2.19. The monoisotopic (exact) mass is 680 g/mol. The molecule has 4 aliphatic carbocycles. The van der Waals surface area contributed by atoms with Crippen molar-refractivity contribution in [2.45, 2.75) is 193 Å². The molecule has 4 bridgehead atoms. The fraction of sp³-hybridized carbons (Fsp3) is 0.971. The third-order valence-electron chi connectivity index (χ3n) is 13.1. The van der Waals surface area contributed by atoms with Gasteiger partial charge in [-0.25, -0.2) is 0 Å². The van der Waals surface area contributed by atoms with Crippen LogP contribution in [0, 0.1) is 23.2 Å². The van der Waals surface area contributed by atoms with Crippen LogP contribution in [0.3, 0.4) is 0 Å². The molecule has 5 heteroatoms. The highest BCUT2D eigenvalue weighted by atomic mass is 79.9. The number of hydrogen-bond donors (Lipinski definition) is 0. The Morgan fingerprint density at radius 1 is 0.550 bits per heavy atom. The molecule has 1 aliphatic heterocycles. The molecular weight excluding hydrogens is 613 g/mol. The minimum atomic E-state index is -2.02. The first kappa shape index (κ1) is 34.1. The lowest BCUT2D eigenvalue weighted by Crippen LogP contribution is -2.77. The van der Waals surface area contributed by atoms with E-state index in [0.717, 1.165) is 17.8 Å². The number of hydrogen-bond acceptors (Lipinski definition) is 0. The van der Waals surface area contributed by atoms with Gasteiger partial charge in [0.1, 0.15) is 5.73 Å². The third-order valence-corrected chi connectivity index (χ3v) is 86.5. The summed E-state index contributed by atoms with van der Waals surface area (Å²) in [5.74, 6) is 3.08. The molecule has 40 heavy (non-hydrogen) atoms. The molecule has 0 saturated heterocycles. The van der Waals surface area contributed by atoms with Crippen LogP contribution in [0.1, 0.15) is 163 Å². The molecule has 232 valence electrons. The Morgan fingerprint density at radius 3 is 1.05 bits per heavy atom. The average Bonchev–Trinajstić information content (AvgIpc) is 3.19. The van der Waals surface area contributed by atoms with Gasteiger partial charge in [0.15, 0.2) is 0 Å². The van der Waals surface area contributed by atoms with E-state index in [1.807, 2.05) is 0 Å². The maximum absolute atomic E-state index is 5.30. The van der Waals surface area contributed by atoms with Gasteiger partial charge in [-0.2, -0.15) is 0 Å². The molecule has 0 unspecified atom stereocenters. The van der Waals surface area contributed by atoms with E-state index in [2.05, 4.69) is 129 Å². The lowest BCUT2D eigenvalue weighted by Gasteiger charge is -2.66. The Hall–Kier alpha value is 1.22. The maximum atomic E-state index is 5.30. The van der Waals surface area contributed by atoms with Gasteiger partial charge in [0.05, 0.1) is 15.2 Å². The van der Waals surface area contributed by atoms with Gasteiger partial charge in [-0.1, -0.05) is 129 Å². The molecule has 4 saturated carbocycles. The van der Waals surface area contributed by atoms with E-state index < -0.39 is 28.4 Å². The summed E-state index contributed by atoms with van der Waals surface area (Å²) in [6.45, 7) is 49.0. The minimum absolute atomic E-state index is 0.354. The van der Waals surface area contributed by atoms with E-state index in [4.69, 9.17) is 15.3 Å². The lowest BCUT2D eigenvalue weighted by molar-refractivity contribution is -0.00960. The van der Waals surface area contributed by atoms with Crippen LogP contribution in [0.5, 0.6) is 0 Å². The van der Waals surface area contributed by atoms with Crippen molar-refractivity contribution in [3.05, 3.63) is 0 Å². The number of halogens is 1. The molecule has 0 nitrogen and oxygen atoms in total. The van der Waals surface area contributed by atoms with Crippen molar-refractivity contribution in [2.24, 2.45) is 23.2 Å². The topological polar surface area (TPSA) is 0 Å². The molecule has 1 atom stereocenters. The fourth-order valence-corrected chi connectivity index (χ4v) is 146. The Morgan fingerprint density at radius 2 is 0.825 bits per heavy atom. The van der Waals surface area contributed by atoms with Gasteiger partial charge in [-0.05, 0) is 91.9 Å². The van der Waals surface area contributed by atoms with Crippen molar-refractivity contribution >= 4 is 48.4 Å². The van der Waals surface area contributed by atoms with Crippen LogP contribution in [0.2, 0.25) is 30.2 Å². The number of rotatable bonds is 3. The van der Waals surface area contributed by atoms with Crippen LogP contribution in [0.4, 0.5) is 0 Å². The summed E-state index contributed by atoms with van der Waals surface area (Å²) in [5.41, 5.74) is -1.39. The highest BCUT2D eigenvalue weighted by Gasteiger charge is 2.85. The van der Waals surface area contributed by atoms with Gasteiger partial charge in [0.2, 0.25) is 0 Å². The molecule has 0 amide bonds. The summed E-state index contributed by atoms with van der Waals surface area (Å²) < 4.78 is 0. The first-order valence-corrected chi connectivity index (χ1v) is 29.7. The van der Waals surface area contributed by atoms with Crippen molar-refractivity contribution in [1.29, 1.82) is 0 Å². The van der Waals surface area contributed by atoms with Gasteiger partial charge in [0.25, 0.3) is 0 Å². The van der Waals surface area contributed by atoms with Gasteiger partial charge >= 0.3 is 0 Å². The summed E-state index contributed by atoms with van der Waals surface area (Å²) in [6, 6.07) is 0. The summed E-state index contributed by atoms with van der Waals surface area (Å²) in [4.78, 5) is 2.35. The molecule has 1 heterocycles. The highest BCUT2D eigenvalue weighted by Crippen LogP contribution is 2.76. The first-order chi connectivity index (χ1) is 17.5. The van der Waals surface area contributed by atoms with Gasteiger partial charge in [-0.15, -0.1) is 15.3 Å². The van der Waals surface area contributed by atoms with E-state index in [1.54, 1.807) is 38.5 Å². The predicted molar refractivity (Wildman–Crippen MR) is 196 cm³/mol. The van der Waals surface area contributed by atoms with E-state index in [-0.39, 0.29) is 0 Å². The Labute approximate surface area is 263 Å². The normalized spacial score (nSPS) is 34.1. The molecule has 0 N–H and O–H groups in total. The fourth-order valence-electron chi connectivity index (χ4n) is 15.6. The summed E-state index contributed by atoms with van der Waals surface area (Å²) >= 11 is 5.30. The first-order valence-electron chi connectivity index (χ1n) is 16.9. The average molecular weight is 682 g/mol. The second-order valence-corrected chi connectivity index (χ2v) is 60.1. The van der Waals surface area contributed by atoms with Crippen LogP contribution in [-0.4, -0.2) is 33.1 Å². The standard InChI is InChI=1S/C35H69BrSi4/c1-29(2,3)39(30(4,5)6,31(7,8)9)37-28(35-22-25-19-26(23-35)21-27(20-25)24-35)38(37,36)40(32(10,11)12,33(13,14)15)34(16,17)18/h25-27H,19-24H2,1-18H3/t25?,26?,27?,35?,38-/m1/s1. The third kappa shape index (κ3) is 4.17. The zero-order valence-corrected chi connectivity index (χ0v) is 35.9. The lowest BCUT2D eigenvalue weighted by atomic mass is 9.50. The van der Waals surface area contributed by atoms with Crippen molar-refractivity contribution in [3.63, 3.8) is 0 Å². The maximum Gasteiger partial charge on any atom is 0.149 e. The Balaban J connectivity index is 2.22. The quantitative estimate of drug-likeness (QED) is 0.205. The van der Waals surface area contributed by atoms with Crippen molar-refractivity contribution < 1.29 is 0 Å². The molecule has 4 fully saturated rings. The molecule has 0 aromatic rings. The highest BCUT2D eigenvalue weighted by molar-refractivity contribution is 9.32. The van der Waals surface area contributed by atoms with Gasteiger partial charge in [-0.3, -0.25) is 0 Å². The molecular formula is C35H69BrSi4. The predicted octanol–water partition coefficient (Wildman–Crippen LogP) is 12.3. The second kappa shape index (κ2) is 9.15. The largest absolute Gasteiger partial charge is 0.149 e. The molecule has 5 rings (SSSR count). The van der Waals surface area contributed by atoms with Crippen molar-refractivity contribution in [1.82, 2.24) is 0 Å². The molecule has 0 spiro atoms. The smallest absolute Gasteiger partial charge is 0.124 e. The van der Waals surface area contributed by atoms with Crippen molar-refractivity contribution in [2.75, 3.05) is 0 Å². The van der Waals surface area contributed by atoms with E-state index >= 15 is 0 Å².